The third kappa shape index (κ3) is 3.68. The molecule has 3 saturated carbocycles. The SMILES string of the molecule is CC1(C)COC2(CCC3=C4[C@@H](Nc5ccccc5Cl)C[C@]5(C)[C@@H](O)CC[C@H]5[C@@H]4CC=C3C2)OC1. The smallest absolute Gasteiger partial charge is 0.172 e. The zero-order chi connectivity index (χ0) is 23.7. The number of ether oxygens (including phenoxy) is 2. The Balaban J connectivity index is 1.35. The minimum absolute atomic E-state index is 0.0595. The Bertz CT molecular complexity index is 1040. The van der Waals surface area contributed by atoms with Crippen LogP contribution < -0.4 is 5.32 Å². The van der Waals surface area contributed by atoms with E-state index in [0.29, 0.717) is 11.8 Å². The number of fused-ring (bicyclic) bond motifs is 4. The molecule has 4 fully saturated rings. The van der Waals surface area contributed by atoms with E-state index in [9.17, 15) is 5.11 Å². The maximum absolute atomic E-state index is 11.0. The van der Waals surface area contributed by atoms with Crippen LogP contribution in [0.15, 0.2) is 47.1 Å². The molecule has 184 valence electrons. The van der Waals surface area contributed by atoms with E-state index in [2.05, 4.69) is 38.2 Å². The summed E-state index contributed by atoms with van der Waals surface area (Å²) in [5.74, 6) is 0.554. The Hall–Kier alpha value is -1.33. The lowest BCUT2D eigenvalue weighted by atomic mass is 9.56. The summed E-state index contributed by atoms with van der Waals surface area (Å²) in [6, 6.07) is 8.22. The van der Waals surface area contributed by atoms with Crippen molar-refractivity contribution in [3.05, 3.63) is 52.1 Å². The first-order valence-corrected chi connectivity index (χ1v) is 13.5. The van der Waals surface area contributed by atoms with Gasteiger partial charge in [0.1, 0.15) is 0 Å². The molecule has 5 heteroatoms. The van der Waals surface area contributed by atoms with Crippen molar-refractivity contribution in [1.82, 2.24) is 0 Å². The van der Waals surface area contributed by atoms with E-state index in [4.69, 9.17) is 21.1 Å². The Morgan fingerprint density at radius 3 is 2.62 bits per heavy atom. The number of para-hydroxylation sites is 1. The van der Waals surface area contributed by atoms with Gasteiger partial charge >= 0.3 is 0 Å². The number of aliphatic hydroxyl groups is 1. The lowest BCUT2D eigenvalue weighted by molar-refractivity contribution is -0.302. The largest absolute Gasteiger partial charge is 0.393 e. The van der Waals surface area contributed by atoms with E-state index < -0.39 is 5.79 Å². The summed E-state index contributed by atoms with van der Waals surface area (Å²) in [4.78, 5) is 0. The standard InChI is InChI=1S/C29H38ClNO3/c1-27(2)16-33-29(34-17-27)13-12-19-18(14-29)8-9-20-21-10-11-25(32)28(21,3)15-24(26(19)20)31-23-7-5-4-6-22(23)30/h4-8,20-21,24-25,31-32H,9-17H2,1-3H3/t20-,21-,24-,25-,28-/m0/s1. The van der Waals surface area contributed by atoms with Crippen molar-refractivity contribution in [1.29, 1.82) is 0 Å². The van der Waals surface area contributed by atoms with Crippen LogP contribution in [0.4, 0.5) is 5.69 Å². The number of hydrogen-bond acceptors (Lipinski definition) is 4. The van der Waals surface area contributed by atoms with Gasteiger partial charge in [-0.3, -0.25) is 0 Å². The van der Waals surface area contributed by atoms with Gasteiger partial charge in [0.2, 0.25) is 0 Å². The van der Waals surface area contributed by atoms with Gasteiger partial charge in [-0.15, -0.1) is 0 Å². The van der Waals surface area contributed by atoms with Crippen LogP contribution in [0, 0.1) is 22.7 Å². The molecule has 1 aromatic rings. The molecular weight excluding hydrogens is 446 g/mol. The van der Waals surface area contributed by atoms with Crippen LogP contribution in [-0.2, 0) is 9.47 Å². The third-order valence-electron chi connectivity index (χ3n) is 9.49. The number of benzene rings is 1. The van der Waals surface area contributed by atoms with Gasteiger partial charge in [-0.1, -0.05) is 50.6 Å². The molecule has 34 heavy (non-hydrogen) atoms. The highest BCUT2D eigenvalue weighted by Gasteiger charge is 2.56. The Morgan fingerprint density at radius 2 is 1.85 bits per heavy atom. The van der Waals surface area contributed by atoms with Crippen LogP contribution in [0.3, 0.4) is 0 Å². The molecule has 0 unspecified atom stereocenters. The number of halogens is 1. The first-order chi connectivity index (χ1) is 16.2. The van der Waals surface area contributed by atoms with Crippen LogP contribution >= 0.6 is 11.6 Å². The van der Waals surface area contributed by atoms with Gasteiger partial charge in [-0.05, 0) is 78.2 Å². The highest BCUT2D eigenvalue weighted by atomic mass is 35.5. The Morgan fingerprint density at radius 1 is 1.09 bits per heavy atom. The van der Waals surface area contributed by atoms with E-state index in [0.717, 1.165) is 68.9 Å². The molecule has 0 bridgehead atoms. The highest BCUT2D eigenvalue weighted by Crippen LogP contribution is 2.60. The first kappa shape index (κ1) is 23.1. The Kier molecular flexibility index (Phi) is 5.50. The molecule has 5 atom stereocenters. The molecule has 4 aliphatic carbocycles. The van der Waals surface area contributed by atoms with E-state index in [1.165, 1.54) is 11.1 Å². The topological polar surface area (TPSA) is 50.7 Å². The van der Waals surface area contributed by atoms with Crippen LogP contribution in [0.1, 0.15) is 65.7 Å². The molecule has 1 heterocycles. The maximum Gasteiger partial charge on any atom is 0.172 e. The summed E-state index contributed by atoms with van der Waals surface area (Å²) in [6.07, 6.45) is 9.01. The molecule has 4 nitrogen and oxygen atoms in total. The van der Waals surface area contributed by atoms with Gasteiger partial charge in [0, 0.05) is 24.3 Å². The van der Waals surface area contributed by atoms with Gasteiger partial charge in [0.05, 0.1) is 30.0 Å². The van der Waals surface area contributed by atoms with E-state index in [1.807, 2.05) is 18.2 Å². The Labute approximate surface area is 208 Å². The predicted octanol–water partition coefficient (Wildman–Crippen LogP) is 6.50. The molecule has 0 amide bonds. The van der Waals surface area contributed by atoms with Gasteiger partial charge in [0.25, 0.3) is 0 Å². The van der Waals surface area contributed by atoms with E-state index in [-0.39, 0.29) is 23.0 Å². The molecule has 5 aliphatic rings. The van der Waals surface area contributed by atoms with Crippen molar-refractivity contribution in [2.45, 2.75) is 83.6 Å². The van der Waals surface area contributed by atoms with Crippen LogP contribution in [0.2, 0.25) is 5.02 Å². The summed E-state index contributed by atoms with van der Waals surface area (Å²) in [6.45, 7) is 8.24. The molecule has 0 aromatic heterocycles. The summed E-state index contributed by atoms with van der Waals surface area (Å²) in [5, 5.41) is 15.6. The molecule has 1 spiro atoms. The van der Waals surface area contributed by atoms with Gasteiger partial charge < -0.3 is 19.9 Å². The van der Waals surface area contributed by atoms with Crippen molar-refractivity contribution in [2.75, 3.05) is 18.5 Å². The summed E-state index contributed by atoms with van der Waals surface area (Å²) in [7, 11) is 0. The number of rotatable bonds is 2. The lowest BCUT2D eigenvalue weighted by Gasteiger charge is -2.53. The molecule has 1 aromatic carbocycles. The number of aliphatic hydroxyl groups excluding tert-OH is 1. The van der Waals surface area contributed by atoms with Crippen LogP contribution in [0.5, 0.6) is 0 Å². The normalized spacial score (nSPS) is 38.1. The molecule has 1 aliphatic heterocycles. The quantitative estimate of drug-likeness (QED) is 0.504. The van der Waals surface area contributed by atoms with Crippen molar-refractivity contribution in [3.8, 4) is 0 Å². The molecule has 1 saturated heterocycles. The summed E-state index contributed by atoms with van der Waals surface area (Å²) >= 11 is 6.58. The molecular formula is C29H38ClNO3. The number of hydrogen-bond donors (Lipinski definition) is 2. The van der Waals surface area contributed by atoms with Gasteiger partial charge in [-0.25, -0.2) is 0 Å². The van der Waals surface area contributed by atoms with Crippen LogP contribution in [0.25, 0.3) is 0 Å². The number of allylic oxidation sites excluding steroid dienone is 2. The van der Waals surface area contributed by atoms with Gasteiger partial charge in [-0.2, -0.15) is 0 Å². The van der Waals surface area contributed by atoms with Crippen molar-refractivity contribution in [3.63, 3.8) is 0 Å². The fourth-order valence-corrected chi connectivity index (χ4v) is 7.77. The number of nitrogens with one attached hydrogen (secondary N) is 1. The second-order valence-electron chi connectivity index (χ2n) is 12.4. The zero-order valence-electron chi connectivity index (χ0n) is 20.7. The average Bonchev–Trinajstić information content (AvgIpc) is 3.11. The molecule has 6 rings (SSSR count). The molecule has 2 N–H and O–H groups in total. The van der Waals surface area contributed by atoms with E-state index in [1.54, 1.807) is 5.57 Å². The molecule has 0 radical (unpaired) electrons. The minimum Gasteiger partial charge on any atom is -0.393 e. The van der Waals surface area contributed by atoms with Crippen molar-refractivity contribution >= 4 is 17.3 Å². The second kappa shape index (κ2) is 8.09. The fourth-order valence-electron chi connectivity index (χ4n) is 7.58. The maximum atomic E-state index is 11.0. The van der Waals surface area contributed by atoms with Gasteiger partial charge in [0.15, 0.2) is 5.79 Å². The predicted molar refractivity (Wildman–Crippen MR) is 136 cm³/mol. The lowest BCUT2D eigenvalue weighted by Crippen LogP contribution is -2.52. The average molecular weight is 484 g/mol. The first-order valence-electron chi connectivity index (χ1n) is 13.1. The second-order valence-corrected chi connectivity index (χ2v) is 12.8. The highest BCUT2D eigenvalue weighted by molar-refractivity contribution is 6.33. The fraction of sp³-hybridized carbons (Fsp3) is 0.655. The zero-order valence-corrected chi connectivity index (χ0v) is 21.5. The monoisotopic (exact) mass is 483 g/mol. The number of anilines is 1. The van der Waals surface area contributed by atoms with Crippen LogP contribution in [-0.4, -0.2) is 36.3 Å². The van der Waals surface area contributed by atoms with E-state index >= 15 is 0 Å². The van der Waals surface area contributed by atoms with Crippen molar-refractivity contribution in [2.24, 2.45) is 22.7 Å². The van der Waals surface area contributed by atoms with Crippen molar-refractivity contribution < 1.29 is 14.6 Å². The third-order valence-corrected chi connectivity index (χ3v) is 9.82. The summed E-state index contributed by atoms with van der Waals surface area (Å²) in [5.41, 5.74) is 5.52. The summed E-state index contributed by atoms with van der Waals surface area (Å²) < 4.78 is 12.8. The minimum atomic E-state index is -0.462.